The Bertz CT molecular complexity index is 689. The summed E-state index contributed by atoms with van der Waals surface area (Å²) in [6, 6.07) is 10.3. The summed E-state index contributed by atoms with van der Waals surface area (Å²) >= 11 is 0. The smallest absolute Gasteiger partial charge is 0.163 e. The fourth-order valence-corrected chi connectivity index (χ4v) is 2.19. The highest BCUT2D eigenvalue weighted by molar-refractivity contribution is 5.86. The number of anilines is 1. The summed E-state index contributed by atoms with van der Waals surface area (Å²) in [6.07, 6.45) is 3.40. The lowest BCUT2D eigenvalue weighted by molar-refractivity contribution is 0.785. The van der Waals surface area contributed by atoms with Crippen LogP contribution in [-0.4, -0.2) is 26.8 Å². The molecule has 3 rings (SSSR count). The maximum atomic E-state index is 4.38. The summed E-state index contributed by atoms with van der Waals surface area (Å²) in [5.74, 6) is 0.905. The Labute approximate surface area is 111 Å². The van der Waals surface area contributed by atoms with E-state index in [1.807, 2.05) is 38.5 Å². The average Bonchev–Trinajstić information content (AvgIpc) is 2.82. The summed E-state index contributed by atoms with van der Waals surface area (Å²) in [6.45, 7) is 0.807. The second-order valence-electron chi connectivity index (χ2n) is 4.54. The maximum absolute atomic E-state index is 4.38. The van der Waals surface area contributed by atoms with Crippen molar-refractivity contribution in [2.45, 2.75) is 6.54 Å². The molecule has 0 N–H and O–H groups in total. The van der Waals surface area contributed by atoms with Gasteiger partial charge in [-0.2, -0.15) is 5.10 Å². The Balaban J connectivity index is 1.96. The Morgan fingerprint density at radius 2 is 1.95 bits per heavy atom. The SMILES string of the molecule is CN(Cc1ccccc1)c1ncnc2c1cnn2C. The predicted molar refractivity (Wildman–Crippen MR) is 74.9 cm³/mol. The molecule has 0 fully saturated rings. The number of benzene rings is 1. The van der Waals surface area contributed by atoms with Crippen molar-refractivity contribution in [3.05, 3.63) is 48.4 Å². The fraction of sp³-hybridized carbons (Fsp3) is 0.214. The second-order valence-corrected chi connectivity index (χ2v) is 4.54. The van der Waals surface area contributed by atoms with Gasteiger partial charge in [0.25, 0.3) is 0 Å². The first-order chi connectivity index (χ1) is 9.25. The highest BCUT2D eigenvalue weighted by Gasteiger charge is 2.11. The Hall–Kier alpha value is -2.43. The molecule has 0 aliphatic heterocycles. The molecule has 2 heterocycles. The van der Waals surface area contributed by atoms with Crippen LogP contribution in [0.4, 0.5) is 5.82 Å². The lowest BCUT2D eigenvalue weighted by Gasteiger charge is -2.18. The number of aryl methyl sites for hydroxylation is 1. The highest BCUT2D eigenvalue weighted by Crippen LogP contribution is 2.22. The van der Waals surface area contributed by atoms with Gasteiger partial charge in [0.1, 0.15) is 12.1 Å². The summed E-state index contributed by atoms with van der Waals surface area (Å²) in [5.41, 5.74) is 2.10. The molecular formula is C14H15N5. The molecule has 5 nitrogen and oxygen atoms in total. The average molecular weight is 253 g/mol. The Morgan fingerprint density at radius 3 is 2.74 bits per heavy atom. The number of rotatable bonds is 3. The van der Waals surface area contributed by atoms with Gasteiger partial charge in [-0.25, -0.2) is 9.97 Å². The summed E-state index contributed by atoms with van der Waals surface area (Å²) in [7, 11) is 3.91. The van der Waals surface area contributed by atoms with E-state index in [1.165, 1.54) is 5.56 Å². The van der Waals surface area contributed by atoms with Crippen LogP contribution in [0.3, 0.4) is 0 Å². The normalized spacial score (nSPS) is 10.8. The van der Waals surface area contributed by atoms with Crippen molar-refractivity contribution >= 4 is 16.9 Å². The van der Waals surface area contributed by atoms with E-state index in [1.54, 1.807) is 11.0 Å². The first-order valence-electron chi connectivity index (χ1n) is 6.13. The first-order valence-corrected chi connectivity index (χ1v) is 6.13. The molecule has 0 atom stereocenters. The van der Waals surface area contributed by atoms with E-state index in [0.717, 1.165) is 23.4 Å². The molecule has 0 amide bonds. The van der Waals surface area contributed by atoms with E-state index in [9.17, 15) is 0 Å². The molecule has 0 aliphatic carbocycles. The van der Waals surface area contributed by atoms with Crippen molar-refractivity contribution in [1.29, 1.82) is 0 Å². The number of fused-ring (bicyclic) bond motifs is 1. The van der Waals surface area contributed by atoms with Gasteiger partial charge in [0.15, 0.2) is 5.65 Å². The van der Waals surface area contributed by atoms with Crippen LogP contribution in [0.25, 0.3) is 11.0 Å². The number of hydrogen-bond acceptors (Lipinski definition) is 4. The molecule has 0 bridgehead atoms. The maximum Gasteiger partial charge on any atom is 0.163 e. The fourth-order valence-electron chi connectivity index (χ4n) is 2.19. The van der Waals surface area contributed by atoms with E-state index in [-0.39, 0.29) is 0 Å². The number of nitrogens with zero attached hydrogens (tertiary/aromatic N) is 5. The van der Waals surface area contributed by atoms with E-state index in [2.05, 4.69) is 32.1 Å². The lowest BCUT2D eigenvalue weighted by atomic mass is 10.2. The van der Waals surface area contributed by atoms with Crippen LogP contribution in [0.2, 0.25) is 0 Å². The third-order valence-electron chi connectivity index (χ3n) is 3.13. The minimum absolute atomic E-state index is 0.807. The van der Waals surface area contributed by atoms with Gasteiger partial charge < -0.3 is 4.90 Å². The molecular weight excluding hydrogens is 238 g/mol. The van der Waals surface area contributed by atoms with Crippen LogP contribution in [0, 0.1) is 0 Å². The number of hydrogen-bond donors (Lipinski definition) is 0. The van der Waals surface area contributed by atoms with Gasteiger partial charge in [-0.1, -0.05) is 30.3 Å². The monoisotopic (exact) mass is 253 g/mol. The Morgan fingerprint density at radius 1 is 1.16 bits per heavy atom. The third kappa shape index (κ3) is 2.14. The predicted octanol–water partition coefficient (Wildman–Crippen LogP) is 2.00. The highest BCUT2D eigenvalue weighted by atomic mass is 15.3. The molecule has 0 unspecified atom stereocenters. The number of aromatic nitrogens is 4. The molecule has 19 heavy (non-hydrogen) atoms. The molecule has 0 aliphatic rings. The van der Waals surface area contributed by atoms with Crippen LogP contribution in [0.5, 0.6) is 0 Å². The van der Waals surface area contributed by atoms with Crippen LogP contribution >= 0.6 is 0 Å². The van der Waals surface area contributed by atoms with Crippen molar-refractivity contribution in [2.24, 2.45) is 7.05 Å². The molecule has 0 saturated carbocycles. The van der Waals surface area contributed by atoms with Gasteiger partial charge >= 0.3 is 0 Å². The molecule has 0 radical (unpaired) electrons. The topological polar surface area (TPSA) is 46.8 Å². The van der Waals surface area contributed by atoms with Crippen molar-refractivity contribution in [3.63, 3.8) is 0 Å². The van der Waals surface area contributed by atoms with Crippen molar-refractivity contribution in [3.8, 4) is 0 Å². The van der Waals surface area contributed by atoms with Gasteiger partial charge in [-0.15, -0.1) is 0 Å². The zero-order valence-corrected chi connectivity index (χ0v) is 11.0. The van der Waals surface area contributed by atoms with Crippen molar-refractivity contribution in [2.75, 3.05) is 11.9 Å². The summed E-state index contributed by atoms with van der Waals surface area (Å²) < 4.78 is 1.76. The van der Waals surface area contributed by atoms with E-state index in [4.69, 9.17) is 0 Å². The van der Waals surface area contributed by atoms with Crippen LogP contribution in [0.1, 0.15) is 5.56 Å². The van der Waals surface area contributed by atoms with Crippen LogP contribution in [0.15, 0.2) is 42.9 Å². The standard InChI is InChI=1S/C14H15N5/c1-18(9-11-6-4-3-5-7-11)13-12-8-17-19(2)14(12)16-10-15-13/h3-8,10H,9H2,1-2H3. The Kier molecular flexibility index (Phi) is 2.87. The van der Waals surface area contributed by atoms with Crippen LogP contribution < -0.4 is 4.90 Å². The molecule has 0 saturated heterocycles. The van der Waals surface area contributed by atoms with Gasteiger partial charge in [0.2, 0.25) is 0 Å². The molecule has 96 valence electrons. The van der Waals surface area contributed by atoms with Crippen molar-refractivity contribution < 1.29 is 0 Å². The van der Waals surface area contributed by atoms with E-state index >= 15 is 0 Å². The van der Waals surface area contributed by atoms with Gasteiger partial charge in [-0.05, 0) is 5.56 Å². The second kappa shape index (κ2) is 4.68. The molecule has 0 spiro atoms. The van der Waals surface area contributed by atoms with Gasteiger partial charge in [0, 0.05) is 20.6 Å². The van der Waals surface area contributed by atoms with Gasteiger partial charge in [-0.3, -0.25) is 4.68 Å². The van der Waals surface area contributed by atoms with Crippen molar-refractivity contribution in [1.82, 2.24) is 19.7 Å². The summed E-state index contributed by atoms with van der Waals surface area (Å²) in [4.78, 5) is 10.7. The van der Waals surface area contributed by atoms with E-state index < -0.39 is 0 Å². The van der Waals surface area contributed by atoms with E-state index in [0.29, 0.717) is 0 Å². The molecule has 3 aromatic rings. The van der Waals surface area contributed by atoms with Gasteiger partial charge in [0.05, 0.1) is 11.6 Å². The molecule has 2 aromatic heterocycles. The quantitative estimate of drug-likeness (QED) is 0.716. The largest absolute Gasteiger partial charge is 0.355 e. The first kappa shape index (κ1) is 11.6. The zero-order chi connectivity index (χ0) is 13.2. The zero-order valence-electron chi connectivity index (χ0n) is 11.0. The minimum Gasteiger partial charge on any atom is -0.355 e. The van der Waals surface area contributed by atoms with Crippen LogP contribution in [-0.2, 0) is 13.6 Å². The third-order valence-corrected chi connectivity index (χ3v) is 3.13. The minimum atomic E-state index is 0.807. The molecule has 5 heteroatoms. The summed E-state index contributed by atoms with van der Waals surface area (Å²) in [5, 5.41) is 5.21. The molecule has 1 aromatic carbocycles. The lowest BCUT2D eigenvalue weighted by Crippen LogP contribution is -2.18.